The number of unbranched alkanes of at least 4 members (excludes halogenated alkanes) is 2. The molecule has 0 unspecified atom stereocenters. The number of fused-ring (bicyclic) bond motifs is 2. The van der Waals surface area contributed by atoms with Gasteiger partial charge < -0.3 is 20.6 Å². The van der Waals surface area contributed by atoms with Gasteiger partial charge in [-0.05, 0) is 83.7 Å². The average molecular weight is 621 g/mol. The van der Waals surface area contributed by atoms with E-state index in [1.807, 2.05) is 6.20 Å². The fraction of sp³-hybridized carbons (Fsp3) is 0.421. The molecular formula is C38H48N6O2. The Morgan fingerprint density at radius 3 is 1.93 bits per heavy atom. The van der Waals surface area contributed by atoms with Crippen molar-refractivity contribution in [2.24, 2.45) is 11.8 Å². The van der Waals surface area contributed by atoms with Crippen molar-refractivity contribution < 1.29 is 9.59 Å². The van der Waals surface area contributed by atoms with Gasteiger partial charge in [-0.3, -0.25) is 9.59 Å². The second-order valence-electron chi connectivity index (χ2n) is 13.2. The SMILES string of the molecule is CC(C)CC(=O)NCCCCc1ncc(-c2ccc3ccc(-c4ccc5nc(CCCCNC(=O)CC(C)C)[nH]c5c4)cc3c2)[nH]1. The zero-order valence-corrected chi connectivity index (χ0v) is 27.7. The fourth-order valence-electron chi connectivity index (χ4n) is 5.77. The third-order valence-electron chi connectivity index (χ3n) is 8.16. The highest BCUT2D eigenvalue weighted by atomic mass is 16.2. The number of carbonyl (C=O) groups is 2. The van der Waals surface area contributed by atoms with Gasteiger partial charge in [0.05, 0.1) is 22.9 Å². The van der Waals surface area contributed by atoms with Gasteiger partial charge in [-0.25, -0.2) is 9.97 Å². The molecule has 0 spiro atoms. The molecule has 2 aromatic heterocycles. The number of rotatable bonds is 16. The summed E-state index contributed by atoms with van der Waals surface area (Å²) in [5.74, 6) is 2.98. The Morgan fingerprint density at radius 1 is 0.674 bits per heavy atom. The van der Waals surface area contributed by atoms with E-state index in [4.69, 9.17) is 4.98 Å². The molecule has 8 heteroatoms. The zero-order valence-electron chi connectivity index (χ0n) is 27.7. The number of nitrogens with zero attached hydrogens (tertiary/aromatic N) is 2. The summed E-state index contributed by atoms with van der Waals surface area (Å²) < 4.78 is 0. The maximum atomic E-state index is 11.8. The van der Waals surface area contributed by atoms with Crippen LogP contribution in [-0.4, -0.2) is 44.8 Å². The summed E-state index contributed by atoms with van der Waals surface area (Å²) in [5, 5.41) is 8.39. The van der Waals surface area contributed by atoms with Crippen molar-refractivity contribution in [2.45, 2.75) is 79.1 Å². The van der Waals surface area contributed by atoms with Crippen LogP contribution < -0.4 is 10.6 Å². The van der Waals surface area contributed by atoms with Crippen molar-refractivity contribution in [3.8, 4) is 22.4 Å². The number of aryl methyl sites for hydroxylation is 2. The highest BCUT2D eigenvalue weighted by Crippen LogP contribution is 2.30. The molecule has 0 aliphatic heterocycles. The van der Waals surface area contributed by atoms with Crippen LogP contribution in [0.3, 0.4) is 0 Å². The average Bonchev–Trinajstić information content (AvgIpc) is 3.66. The van der Waals surface area contributed by atoms with Gasteiger partial charge in [0, 0.05) is 44.3 Å². The summed E-state index contributed by atoms with van der Waals surface area (Å²) in [4.78, 5) is 40.1. The fourth-order valence-corrected chi connectivity index (χ4v) is 5.77. The van der Waals surface area contributed by atoms with Crippen LogP contribution in [0.4, 0.5) is 0 Å². The molecule has 0 saturated heterocycles. The van der Waals surface area contributed by atoms with Gasteiger partial charge in [-0.1, -0.05) is 58.0 Å². The van der Waals surface area contributed by atoms with E-state index in [9.17, 15) is 9.59 Å². The lowest BCUT2D eigenvalue weighted by molar-refractivity contribution is -0.122. The topological polar surface area (TPSA) is 116 Å². The van der Waals surface area contributed by atoms with Gasteiger partial charge >= 0.3 is 0 Å². The summed E-state index contributed by atoms with van der Waals surface area (Å²) in [6.45, 7) is 9.66. The van der Waals surface area contributed by atoms with E-state index in [0.717, 1.165) is 83.6 Å². The number of hydrogen-bond acceptors (Lipinski definition) is 4. The molecule has 0 aliphatic carbocycles. The monoisotopic (exact) mass is 620 g/mol. The molecule has 0 saturated carbocycles. The molecule has 4 N–H and O–H groups in total. The Morgan fingerprint density at radius 2 is 1.26 bits per heavy atom. The quantitative estimate of drug-likeness (QED) is 0.0845. The zero-order chi connectivity index (χ0) is 32.5. The largest absolute Gasteiger partial charge is 0.356 e. The molecule has 242 valence electrons. The molecule has 5 aromatic rings. The number of aromatic amines is 2. The molecular weight excluding hydrogens is 572 g/mol. The summed E-state index contributed by atoms with van der Waals surface area (Å²) >= 11 is 0. The molecule has 8 nitrogen and oxygen atoms in total. The number of carbonyl (C=O) groups excluding carboxylic acids is 2. The maximum Gasteiger partial charge on any atom is 0.220 e. The molecule has 0 atom stereocenters. The molecule has 2 heterocycles. The van der Waals surface area contributed by atoms with Crippen molar-refractivity contribution in [1.82, 2.24) is 30.6 Å². The van der Waals surface area contributed by atoms with Crippen molar-refractivity contribution in [3.05, 3.63) is 72.4 Å². The van der Waals surface area contributed by atoms with E-state index < -0.39 is 0 Å². The third kappa shape index (κ3) is 9.28. The number of nitrogens with one attached hydrogen (secondary N) is 4. The molecule has 46 heavy (non-hydrogen) atoms. The minimum absolute atomic E-state index is 0.133. The predicted octanol–water partition coefficient (Wildman–Crippen LogP) is 7.74. The molecule has 5 rings (SSSR count). The van der Waals surface area contributed by atoms with Crippen LogP contribution in [0, 0.1) is 11.8 Å². The molecule has 0 radical (unpaired) electrons. The Hall–Kier alpha value is -4.46. The van der Waals surface area contributed by atoms with Gasteiger partial charge in [-0.2, -0.15) is 0 Å². The van der Waals surface area contributed by atoms with E-state index in [2.05, 4.69) is 108 Å². The Kier molecular flexibility index (Phi) is 11.2. The van der Waals surface area contributed by atoms with E-state index in [1.165, 1.54) is 10.8 Å². The number of imidazole rings is 2. The predicted molar refractivity (Wildman–Crippen MR) is 187 cm³/mol. The van der Waals surface area contributed by atoms with E-state index in [-0.39, 0.29) is 11.8 Å². The number of aromatic nitrogens is 4. The van der Waals surface area contributed by atoms with Crippen molar-refractivity contribution in [3.63, 3.8) is 0 Å². The van der Waals surface area contributed by atoms with Crippen molar-refractivity contribution in [1.29, 1.82) is 0 Å². The second kappa shape index (κ2) is 15.7. The first-order chi connectivity index (χ1) is 22.2. The van der Waals surface area contributed by atoms with E-state index >= 15 is 0 Å². The molecule has 0 aliphatic rings. The lowest BCUT2D eigenvalue weighted by atomic mass is 9.99. The highest BCUT2D eigenvalue weighted by molar-refractivity contribution is 5.92. The van der Waals surface area contributed by atoms with Crippen molar-refractivity contribution >= 4 is 33.6 Å². The van der Waals surface area contributed by atoms with Gasteiger partial charge in [0.1, 0.15) is 11.6 Å². The number of amides is 2. The number of hydrogen-bond donors (Lipinski definition) is 4. The molecule has 0 fully saturated rings. The molecule has 2 amide bonds. The minimum atomic E-state index is 0.133. The molecule has 0 bridgehead atoms. The standard InChI is InChI=1S/C38H48N6O2/c1-25(2)19-37(45)39-17-7-5-9-35-41-24-34(44-35)30-14-12-27-11-13-28(21-31(27)22-30)29-15-16-32-33(23-29)43-36(42-32)10-6-8-18-40-38(46)20-26(3)4/h11-16,21-26H,5-10,17-20H2,1-4H3,(H,39,45)(H,40,46)(H,41,44)(H,42,43). The Labute approximate surface area is 272 Å². The maximum absolute atomic E-state index is 11.8. The Bertz CT molecular complexity index is 1770. The first-order valence-corrected chi connectivity index (χ1v) is 16.8. The normalized spacial score (nSPS) is 11.6. The third-order valence-corrected chi connectivity index (χ3v) is 8.16. The first-order valence-electron chi connectivity index (χ1n) is 16.8. The van der Waals surface area contributed by atoms with Gasteiger partial charge in [-0.15, -0.1) is 0 Å². The Balaban J connectivity index is 1.17. The first kappa shape index (κ1) is 32.9. The van der Waals surface area contributed by atoms with Gasteiger partial charge in [0.2, 0.25) is 11.8 Å². The summed E-state index contributed by atoms with van der Waals surface area (Å²) in [6.07, 6.45) is 8.60. The van der Waals surface area contributed by atoms with Crippen LogP contribution >= 0.6 is 0 Å². The molecule has 3 aromatic carbocycles. The van der Waals surface area contributed by atoms with Crippen LogP contribution in [0.15, 0.2) is 60.8 Å². The number of H-pyrrole nitrogens is 2. The smallest absolute Gasteiger partial charge is 0.220 e. The number of benzene rings is 3. The van der Waals surface area contributed by atoms with Crippen LogP contribution in [0.25, 0.3) is 44.2 Å². The highest BCUT2D eigenvalue weighted by Gasteiger charge is 2.10. The van der Waals surface area contributed by atoms with Gasteiger partial charge in [0.15, 0.2) is 0 Å². The van der Waals surface area contributed by atoms with Crippen LogP contribution in [0.1, 0.15) is 77.9 Å². The lowest BCUT2D eigenvalue weighted by Crippen LogP contribution is -2.25. The lowest BCUT2D eigenvalue weighted by Gasteiger charge is -2.07. The summed E-state index contributed by atoms with van der Waals surface area (Å²) in [6, 6.07) is 19.5. The van der Waals surface area contributed by atoms with Crippen LogP contribution in [0.2, 0.25) is 0 Å². The van der Waals surface area contributed by atoms with Crippen LogP contribution in [-0.2, 0) is 22.4 Å². The van der Waals surface area contributed by atoms with Crippen molar-refractivity contribution in [2.75, 3.05) is 13.1 Å². The summed E-state index contributed by atoms with van der Waals surface area (Å²) in [5.41, 5.74) is 6.43. The minimum Gasteiger partial charge on any atom is -0.356 e. The van der Waals surface area contributed by atoms with E-state index in [0.29, 0.717) is 37.8 Å². The summed E-state index contributed by atoms with van der Waals surface area (Å²) in [7, 11) is 0. The van der Waals surface area contributed by atoms with Gasteiger partial charge in [0.25, 0.3) is 0 Å². The van der Waals surface area contributed by atoms with E-state index in [1.54, 1.807) is 0 Å². The second-order valence-corrected chi connectivity index (χ2v) is 13.2. The van der Waals surface area contributed by atoms with Crippen LogP contribution in [0.5, 0.6) is 0 Å².